The number of amidine groups is 1. The molecule has 0 aliphatic carbocycles. The molecule has 0 amide bonds. The van der Waals surface area contributed by atoms with E-state index in [9.17, 15) is 9.18 Å². The first-order valence-electron chi connectivity index (χ1n) is 5.32. The van der Waals surface area contributed by atoms with Crippen molar-refractivity contribution in [3.05, 3.63) is 11.6 Å². The quantitative estimate of drug-likeness (QED) is 0.351. The van der Waals surface area contributed by atoms with E-state index in [1.807, 2.05) is 0 Å². The molecule has 5 N–H and O–H groups in total. The molecule has 0 aliphatic rings. The summed E-state index contributed by atoms with van der Waals surface area (Å²) in [6, 6.07) is 0. The number of alkyl halides is 1. The average Bonchev–Trinajstić information content (AvgIpc) is 2.22. The molecule has 0 aromatic rings. The topological polar surface area (TPSA) is 102 Å². The van der Waals surface area contributed by atoms with Gasteiger partial charge in [0, 0.05) is 6.54 Å². The van der Waals surface area contributed by atoms with Gasteiger partial charge in [-0.2, -0.15) is 0 Å². The van der Waals surface area contributed by atoms with Crippen LogP contribution >= 0.6 is 0 Å². The van der Waals surface area contributed by atoms with Crippen molar-refractivity contribution in [2.45, 2.75) is 32.2 Å². The molecule has 0 aromatic carbocycles. The lowest BCUT2D eigenvalue weighted by Crippen LogP contribution is -2.44. The molecule has 0 spiro atoms. The summed E-state index contributed by atoms with van der Waals surface area (Å²) in [5.74, 6) is -0.666. The van der Waals surface area contributed by atoms with E-state index in [-0.39, 0.29) is 6.42 Å². The van der Waals surface area contributed by atoms with Crippen LogP contribution in [-0.4, -0.2) is 35.7 Å². The summed E-state index contributed by atoms with van der Waals surface area (Å²) < 4.78 is 12.6. The number of carboxylic acid groups (broad SMARTS) is 1. The van der Waals surface area contributed by atoms with Gasteiger partial charge < -0.3 is 16.6 Å². The first kappa shape index (κ1) is 15.6. The summed E-state index contributed by atoms with van der Waals surface area (Å²) in [6.45, 7) is 2.81. The van der Waals surface area contributed by atoms with Gasteiger partial charge in [-0.25, -0.2) is 4.39 Å². The van der Waals surface area contributed by atoms with Gasteiger partial charge in [-0.15, -0.1) is 0 Å². The molecular weight excluding hydrogens is 225 g/mol. The first-order chi connectivity index (χ1) is 7.79. The van der Waals surface area contributed by atoms with E-state index >= 15 is 0 Å². The number of hydrogen-bond acceptors (Lipinski definition) is 3. The molecule has 0 saturated heterocycles. The lowest BCUT2D eigenvalue weighted by Gasteiger charge is -2.17. The summed E-state index contributed by atoms with van der Waals surface area (Å²) >= 11 is 0. The summed E-state index contributed by atoms with van der Waals surface area (Å²) in [5, 5.41) is 8.79. The van der Waals surface area contributed by atoms with Gasteiger partial charge in [0.15, 0.2) is 0 Å². The largest absolute Gasteiger partial charge is 0.480 e. The van der Waals surface area contributed by atoms with Crippen LogP contribution in [-0.2, 0) is 4.79 Å². The fourth-order valence-electron chi connectivity index (χ4n) is 1.04. The molecule has 6 heteroatoms. The molecule has 1 unspecified atom stereocenters. The molecule has 0 bridgehead atoms. The lowest BCUT2D eigenvalue weighted by molar-refractivity contribution is -0.142. The molecular formula is C11H20FN3O2. The molecule has 0 saturated carbocycles. The maximum Gasteiger partial charge on any atom is 0.323 e. The van der Waals surface area contributed by atoms with Gasteiger partial charge in [0.25, 0.3) is 0 Å². The standard InChI is InChI=1S/C11H20FN3O2/c1-8(13)15-6-4-9(7-12)3-5-11(2,14)10(16)17/h3H,4-7,14H2,1-2H3,(H2,13,15)(H,16,17)/b9-3+. The van der Waals surface area contributed by atoms with E-state index in [4.69, 9.17) is 16.6 Å². The van der Waals surface area contributed by atoms with Gasteiger partial charge in [0.05, 0.1) is 5.84 Å². The number of nitrogens with zero attached hydrogens (tertiary/aromatic N) is 1. The maximum absolute atomic E-state index is 12.6. The number of halogens is 1. The number of aliphatic imine (C=N–C) groups is 1. The monoisotopic (exact) mass is 245 g/mol. The van der Waals surface area contributed by atoms with Crippen molar-refractivity contribution in [2.24, 2.45) is 16.5 Å². The van der Waals surface area contributed by atoms with Crippen LogP contribution in [0.4, 0.5) is 4.39 Å². The minimum atomic E-state index is -1.37. The minimum absolute atomic E-state index is 0.0902. The molecule has 0 heterocycles. The van der Waals surface area contributed by atoms with Crippen molar-refractivity contribution in [1.82, 2.24) is 0 Å². The Labute approximate surface area is 100 Å². The van der Waals surface area contributed by atoms with Crippen molar-refractivity contribution >= 4 is 11.8 Å². The number of rotatable bonds is 7. The molecule has 17 heavy (non-hydrogen) atoms. The highest BCUT2D eigenvalue weighted by Crippen LogP contribution is 2.11. The lowest BCUT2D eigenvalue weighted by atomic mass is 9.97. The predicted molar refractivity (Wildman–Crippen MR) is 65.7 cm³/mol. The van der Waals surface area contributed by atoms with Crippen molar-refractivity contribution in [3.8, 4) is 0 Å². The Bertz CT molecular complexity index is 321. The molecule has 0 rings (SSSR count). The Morgan fingerprint density at radius 2 is 2.18 bits per heavy atom. The summed E-state index contributed by atoms with van der Waals surface area (Å²) in [7, 11) is 0. The zero-order valence-electron chi connectivity index (χ0n) is 10.2. The molecule has 1 atom stereocenters. The van der Waals surface area contributed by atoms with Crippen LogP contribution in [0.3, 0.4) is 0 Å². The van der Waals surface area contributed by atoms with Crippen LogP contribution in [0.2, 0.25) is 0 Å². The van der Waals surface area contributed by atoms with E-state index in [0.717, 1.165) is 0 Å². The Balaban J connectivity index is 4.36. The maximum atomic E-state index is 12.6. The second-order valence-electron chi connectivity index (χ2n) is 4.20. The van der Waals surface area contributed by atoms with Gasteiger partial charge in [-0.05, 0) is 32.3 Å². The predicted octanol–water partition coefficient (Wildman–Crippen LogP) is 0.842. The molecule has 0 fully saturated rings. The Morgan fingerprint density at radius 3 is 2.59 bits per heavy atom. The Hall–Kier alpha value is -1.43. The van der Waals surface area contributed by atoms with Crippen molar-refractivity contribution in [3.63, 3.8) is 0 Å². The zero-order valence-corrected chi connectivity index (χ0v) is 10.2. The number of carbonyl (C=O) groups is 1. The molecule has 98 valence electrons. The van der Waals surface area contributed by atoms with Gasteiger partial charge in [0.2, 0.25) is 0 Å². The van der Waals surface area contributed by atoms with E-state index < -0.39 is 18.2 Å². The fraction of sp³-hybridized carbons (Fsp3) is 0.636. The zero-order chi connectivity index (χ0) is 13.5. The van der Waals surface area contributed by atoms with Gasteiger partial charge >= 0.3 is 5.97 Å². The van der Waals surface area contributed by atoms with E-state index in [1.54, 1.807) is 6.92 Å². The highest BCUT2D eigenvalue weighted by atomic mass is 19.1. The molecule has 0 aromatic heterocycles. The van der Waals surface area contributed by atoms with Crippen LogP contribution in [0.25, 0.3) is 0 Å². The highest BCUT2D eigenvalue weighted by Gasteiger charge is 2.26. The fourth-order valence-corrected chi connectivity index (χ4v) is 1.04. The van der Waals surface area contributed by atoms with Crippen LogP contribution in [0, 0.1) is 0 Å². The first-order valence-corrected chi connectivity index (χ1v) is 5.32. The minimum Gasteiger partial charge on any atom is -0.480 e. The smallest absolute Gasteiger partial charge is 0.323 e. The van der Waals surface area contributed by atoms with Crippen molar-refractivity contribution in [2.75, 3.05) is 13.2 Å². The van der Waals surface area contributed by atoms with Gasteiger partial charge in [-0.3, -0.25) is 9.79 Å². The van der Waals surface area contributed by atoms with Crippen LogP contribution in [0.5, 0.6) is 0 Å². The van der Waals surface area contributed by atoms with E-state index in [2.05, 4.69) is 4.99 Å². The SMILES string of the molecule is CC(N)=NCC/C(=C\CC(C)(N)C(=O)O)CF. The van der Waals surface area contributed by atoms with E-state index in [0.29, 0.717) is 24.4 Å². The number of carboxylic acids is 1. The van der Waals surface area contributed by atoms with Gasteiger partial charge in [-0.1, -0.05) is 6.08 Å². The second kappa shape index (κ2) is 7.01. The van der Waals surface area contributed by atoms with Crippen molar-refractivity contribution in [1.29, 1.82) is 0 Å². The summed E-state index contributed by atoms with van der Waals surface area (Å²) in [5.41, 5.74) is 9.99. The van der Waals surface area contributed by atoms with Crippen LogP contribution in [0.1, 0.15) is 26.7 Å². The average molecular weight is 245 g/mol. The second-order valence-corrected chi connectivity index (χ2v) is 4.20. The molecule has 0 aliphatic heterocycles. The Kier molecular flexibility index (Phi) is 6.42. The van der Waals surface area contributed by atoms with Gasteiger partial charge in [0.1, 0.15) is 12.2 Å². The van der Waals surface area contributed by atoms with Crippen molar-refractivity contribution < 1.29 is 14.3 Å². The summed E-state index contributed by atoms with van der Waals surface area (Å²) in [4.78, 5) is 14.7. The van der Waals surface area contributed by atoms with Crippen LogP contribution < -0.4 is 11.5 Å². The summed E-state index contributed by atoms with van der Waals surface area (Å²) in [6.07, 6.45) is 2.03. The number of aliphatic carboxylic acids is 1. The molecule has 5 nitrogen and oxygen atoms in total. The highest BCUT2D eigenvalue weighted by molar-refractivity contribution is 5.78. The number of nitrogens with two attached hydrogens (primary N) is 2. The third-order valence-electron chi connectivity index (χ3n) is 2.27. The molecule has 0 radical (unpaired) electrons. The van der Waals surface area contributed by atoms with E-state index in [1.165, 1.54) is 13.0 Å². The normalized spacial score (nSPS) is 16.7. The third kappa shape index (κ3) is 6.68. The van der Waals surface area contributed by atoms with Crippen LogP contribution in [0.15, 0.2) is 16.6 Å². The number of hydrogen-bond donors (Lipinski definition) is 3. The third-order valence-corrected chi connectivity index (χ3v) is 2.27. The Morgan fingerprint density at radius 1 is 1.59 bits per heavy atom.